The summed E-state index contributed by atoms with van der Waals surface area (Å²) in [6.07, 6.45) is 0.270. The molecule has 0 saturated carbocycles. The zero-order valence-electron chi connectivity index (χ0n) is 12.9. The van der Waals surface area contributed by atoms with Gasteiger partial charge in [-0.1, -0.05) is 17.7 Å². The Balaban J connectivity index is 2.19. The highest BCUT2D eigenvalue weighted by molar-refractivity contribution is 6.30. The zero-order chi connectivity index (χ0) is 14.8. The summed E-state index contributed by atoms with van der Waals surface area (Å²) in [7, 11) is 0. The van der Waals surface area contributed by atoms with Gasteiger partial charge in [0.1, 0.15) is 0 Å². The topological polar surface area (TPSA) is 24.5 Å². The zero-order valence-corrected chi connectivity index (χ0v) is 13.6. The number of nitrogens with one attached hydrogen (secondary N) is 1. The number of halogens is 1. The molecule has 0 bridgehead atoms. The van der Waals surface area contributed by atoms with E-state index in [-0.39, 0.29) is 11.6 Å². The average molecular weight is 297 g/mol. The molecule has 1 atom stereocenters. The Kier molecular flexibility index (Phi) is 4.95. The first-order valence-corrected chi connectivity index (χ1v) is 7.63. The van der Waals surface area contributed by atoms with Crippen molar-refractivity contribution in [3.63, 3.8) is 0 Å². The van der Waals surface area contributed by atoms with Crippen LogP contribution >= 0.6 is 11.6 Å². The molecule has 0 aliphatic carbocycles. The van der Waals surface area contributed by atoms with Crippen LogP contribution in [0.25, 0.3) is 0 Å². The number of ether oxygens (including phenoxy) is 1. The Labute approximate surface area is 127 Å². The van der Waals surface area contributed by atoms with Gasteiger partial charge in [0.15, 0.2) is 0 Å². The largest absolute Gasteiger partial charge is 0.375 e. The van der Waals surface area contributed by atoms with Gasteiger partial charge in [0.05, 0.1) is 12.7 Å². The van der Waals surface area contributed by atoms with Gasteiger partial charge in [-0.05, 0) is 45.4 Å². The summed E-state index contributed by atoms with van der Waals surface area (Å²) >= 11 is 6.18. The summed E-state index contributed by atoms with van der Waals surface area (Å²) < 4.78 is 5.62. The van der Waals surface area contributed by atoms with Crippen molar-refractivity contribution >= 4 is 17.3 Å². The first-order chi connectivity index (χ1) is 9.35. The monoisotopic (exact) mass is 296 g/mol. The van der Waals surface area contributed by atoms with Crippen molar-refractivity contribution in [2.45, 2.75) is 45.9 Å². The van der Waals surface area contributed by atoms with Gasteiger partial charge in [-0.2, -0.15) is 0 Å². The molecule has 1 fully saturated rings. The summed E-state index contributed by atoms with van der Waals surface area (Å²) in [5.74, 6) is 0. The molecule has 0 radical (unpaired) electrons. The van der Waals surface area contributed by atoms with Crippen LogP contribution in [0.1, 0.15) is 33.3 Å². The molecule has 0 aromatic heterocycles. The molecule has 3 nitrogen and oxygen atoms in total. The molecule has 1 saturated heterocycles. The molecule has 1 aromatic rings. The predicted octanol–water partition coefficient (Wildman–Crippen LogP) is 3.45. The molecule has 1 aliphatic heterocycles. The fourth-order valence-corrected chi connectivity index (χ4v) is 2.54. The average Bonchev–Trinajstić information content (AvgIpc) is 2.36. The van der Waals surface area contributed by atoms with Crippen molar-refractivity contribution in [2.24, 2.45) is 0 Å². The lowest BCUT2D eigenvalue weighted by molar-refractivity contribution is 0.0531. The van der Waals surface area contributed by atoms with Gasteiger partial charge in [-0.25, -0.2) is 0 Å². The van der Waals surface area contributed by atoms with Crippen molar-refractivity contribution < 1.29 is 4.74 Å². The van der Waals surface area contributed by atoms with E-state index < -0.39 is 0 Å². The molecule has 1 aromatic carbocycles. The van der Waals surface area contributed by atoms with Gasteiger partial charge in [-0.15, -0.1) is 0 Å². The van der Waals surface area contributed by atoms with Crippen LogP contribution in [-0.2, 0) is 11.3 Å². The molecule has 2 rings (SSSR count). The van der Waals surface area contributed by atoms with Gasteiger partial charge in [-0.3, -0.25) is 0 Å². The maximum Gasteiger partial charge on any atom is 0.0722 e. The minimum atomic E-state index is 0.106. The van der Waals surface area contributed by atoms with Gasteiger partial charge >= 0.3 is 0 Å². The van der Waals surface area contributed by atoms with Gasteiger partial charge in [0, 0.05) is 35.9 Å². The van der Waals surface area contributed by atoms with Crippen molar-refractivity contribution in [3.8, 4) is 0 Å². The molecule has 112 valence electrons. The van der Waals surface area contributed by atoms with Crippen molar-refractivity contribution in [1.29, 1.82) is 0 Å². The molecule has 1 N–H and O–H groups in total. The third-order valence-electron chi connectivity index (χ3n) is 3.44. The quantitative estimate of drug-likeness (QED) is 0.924. The smallest absolute Gasteiger partial charge is 0.0722 e. The predicted molar refractivity (Wildman–Crippen MR) is 85.7 cm³/mol. The third kappa shape index (κ3) is 4.37. The Morgan fingerprint density at radius 2 is 2.15 bits per heavy atom. The van der Waals surface area contributed by atoms with Crippen molar-refractivity contribution in [2.75, 3.05) is 24.6 Å². The maximum absolute atomic E-state index is 6.18. The fraction of sp³-hybridized carbons (Fsp3) is 0.625. The number of benzene rings is 1. The van der Waals surface area contributed by atoms with Crippen LogP contribution in [0.3, 0.4) is 0 Å². The summed E-state index contributed by atoms with van der Waals surface area (Å²) in [4.78, 5) is 2.37. The van der Waals surface area contributed by atoms with Gasteiger partial charge < -0.3 is 15.0 Å². The molecule has 0 amide bonds. The summed E-state index contributed by atoms with van der Waals surface area (Å²) in [5, 5.41) is 4.34. The Bertz CT molecular complexity index is 456. The van der Waals surface area contributed by atoms with E-state index in [1.807, 2.05) is 6.07 Å². The van der Waals surface area contributed by atoms with Crippen LogP contribution in [0, 0.1) is 0 Å². The SMILES string of the molecule is CC1CN(c2cc(Cl)ccc2CNC(C)(C)C)CCO1. The van der Waals surface area contributed by atoms with Gasteiger partial charge in [0.25, 0.3) is 0 Å². The van der Waals surface area contributed by atoms with E-state index in [2.05, 4.69) is 50.0 Å². The highest BCUT2D eigenvalue weighted by atomic mass is 35.5. The molecule has 1 heterocycles. The Morgan fingerprint density at radius 3 is 2.80 bits per heavy atom. The highest BCUT2D eigenvalue weighted by Gasteiger charge is 2.20. The van der Waals surface area contributed by atoms with Crippen LogP contribution in [-0.4, -0.2) is 31.3 Å². The molecule has 20 heavy (non-hydrogen) atoms. The standard InChI is InChI=1S/C16H25ClN2O/c1-12-11-19(7-8-20-12)15-9-14(17)6-5-13(15)10-18-16(2,3)4/h5-6,9,12,18H,7-8,10-11H2,1-4H3. The van der Waals surface area contributed by atoms with Crippen molar-refractivity contribution in [1.82, 2.24) is 5.32 Å². The van der Waals surface area contributed by atoms with Crippen LogP contribution in [0.15, 0.2) is 18.2 Å². The molecule has 0 spiro atoms. The minimum Gasteiger partial charge on any atom is -0.375 e. The lowest BCUT2D eigenvalue weighted by Gasteiger charge is -2.34. The second-order valence-corrected chi connectivity index (χ2v) is 6.94. The van der Waals surface area contributed by atoms with E-state index in [0.717, 1.165) is 31.3 Å². The first kappa shape index (κ1) is 15.6. The minimum absolute atomic E-state index is 0.106. The van der Waals surface area contributed by atoms with Gasteiger partial charge in [0.2, 0.25) is 0 Å². The Morgan fingerprint density at radius 1 is 1.40 bits per heavy atom. The Hall–Kier alpha value is -0.770. The van der Waals surface area contributed by atoms with Crippen LogP contribution in [0.5, 0.6) is 0 Å². The van der Waals surface area contributed by atoms with E-state index in [4.69, 9.17) is 16.3 Å². The summed E-state index contributed by atoms with van der Waals surface area (Å²) in [5.41, 5.74) is 2.62. The van der Waals surface area contributed by atoms with E-state index in [9.17, 15) is 0 Å². The second-order valence-electron chi connectivity index (χ2n) is 6.50. The van der Waals surface area contributed by atoms with E-state index in [1.165, 1.54) is 11.3 Å². The number of rotatable bonds is 3. The van der Waals surface area contributed by atoms with Crippen LogP contribution < -0.4 is 10.2 Å². The van der Waals surface area contributed by atoms with Crippen LogP contribution in [0.4, 0.5) is 5.69 Å². The molecule has 1 aliphatic rings. The first-order valence-electron chi connectivity index (χ1n) is 7.25. The summed E-state index contributed by atoms with van der Waals surface area (Å²) in [6, 6.07) is 6.16. The highest BCUT2D eigenvalue weighted by Crippen LogP contribution is 2.27. The summed E-state index contributed by atoms with van der Waals surface area (Å²) in [6.45, 7) is 12.1. The third-order valence-corrected chi connectivity index (χ3v) is 3.67. The van der Waals surface area contributed by atoms with E-state index >= 15 is 0 Å². The number of nitrogens with zero attached hydrogens (tertiary/aromatic N) is 1. The molecular weight excluding hydrogens is 272 g/mol. The lowest BCUT2D eigenvalue weighted by atomic mass is 10.1. The lowest BCUT2D eigenvalue weighted by Crippen LogP contribution is -2.42. The van der Waals surface area contributed by atoms with Crippen molar-refractivity contribution in [3.05, 3.63) is 28.8 Å². The molecular formula is C16H25ClN2O. The number of morpholine rings is 1. The molecule has 4 heteroatoms. The molecule has 1 unspecified atom stereocenters. The number of hydrogen-bond acceptors (Lipinski definition) is 3. The maximum atomic E-state index is 6.18. The van der Waals surface area contributed by atoms with Crippen LogP contribution in [0.2, 0.25) is 5.02 Å². The fourth-order valence-electron chi connectivity index (χ4n) is 2.38. The second kappa shape index (κ2) is 6.33. The van der Waals surface area contributed by atoms with E-state index in [0.29, 0.717) is 0 Å². The number of hydrogen-bond donors (Lipinski definition) is 1. The van der Waals surface area contributed by atoms with E-state index in [1.54, 1.807) is 0 Å². The number of anilines is 1. The normalized spacial score (nSPS) is 20.2.